The van der Waals surface area contributed by atoms with Crippen LogP contribution in [0.4, 0.5) is 0 Å². The van der Waals surface area contributed by atoms with Crippen molar-refractivity contribution in [3.8, 4) is 0 Å². The van der Waals surface area contributed by atoms with E-state index in [0.29, 0.717) is 12.0 Å². The maximum absolute atomic E-state index is 12.6. The van der Waals surface area contributed by atoms with Crippen molar-refractivity contribution in [2.75, 3.05) is 26.2 Å². The lowest BCUT2D eigenvalue weighted by Crippen LogP contribution is -2.56. The van der Waals surface area contributed by atoms with Crippen molar-refractivity contribution in [2.45, 2.75) is 50.6 Å². The Labute approximate surface area is 109 Å². The molecule has 102 valence electrons. The van der Waals surface area contributed by atoms with Crippen LogP contribution in [0.5, 0.6) is 0 Å². The van der Waals surface area contributed by atoms with Crippen molar-refractivity contribution in [2.24, 2.45) is 11.7 Å². The number of nitrogens with zero attached hydrogens (tertiary/aromatic N) is 2. The van der Waals surface area contributed by atoms with Crippen molar-refractivity contribution >= 4 is 5.91 Å². The van der Waals surface area contributed by atoms with Crippen LogP contribution in [0.25, 0.3) is 0 Å². The Morgan fingerprint density at radius 1 is 1.17 bits per heavy atom. The standard InChI is InChI=1S/C14H25N3O/c1-14(15,11-5-6-11)13(18)17-9-3-8-16-7-2-4-12(16)10-17/h11-12H,2-10,15H2,1H3. The number of rotatable bonds is 2. The Kier molecular flexibility index (Phi) is 3.10. The fourth-order valence-electron chi connectivity index (χ4n) is 3.59. The Balaban J connectivity index is 1.69. The van der Waals surface area contributed by atoms with Gasteiger partial charge in [-0.3, -0.25) is 9.69 Å². The van der Waals surface area contributed by atoms with E-state index in [1.54, 1.807) is 0 Å². The van der Waals surface area contributed by atoms with Crippen molar-refractivity contribution in [1.29, 1.82) is 0 Å². The number of carbonyl (C=O) groups excluding carboxylic acids is 1. The topological polar surface area (TPSA) is 49.6 Å². The van der Waals surface area contributed by atoms with Crippen molar-refractivity contribution in [1.82, 2.24) is 9.80 Å². The van der Waals surface area contributed by atoms with Gasteiger partial charge in [-0.15, -0.1) is 0 Å². The second-order valence-corrected chi connectivity index (χ2v) is 6.49. The Hall–Kier alpha value is -0.610. The first kappa shape index (κ1) is 12.4. The van der Waals surface area contributed by atoms with Crippen LogP contribution < -0.4 is 5.73 Å². The highest BCUT2D eigenvalue weighted by atomic mass is 16.2. The summed E-state index contributed by atoms with van der Waals surface area (Å²) in [5, 5.41) is 0. The first-order valence-electron chi connectivity index (χ1n) is 7.41. The zero-order valence-electron chi connectivity index (χ0n) is 11.4. The molecule has 0 spiro atoms. The summed E-state index contributed by atoms with van der Waals surface area (Å²) in [7, 11) is 0. The van der Waals surface area contributed by atoms with E-state index >= 15 is 0 Å². The smallest absolute Gasteiger partial charge is 0.242 e. The number of hydrogen-bond donors (Lipinski definition) is 1. The molecule has 2 N–H and O–H groups in total. The second kappa shape index (κ2) is 4.49. The number of fused-ring (bicyclic) bond motifs is 1. The third-order valence-corrected chi connectivity index (χ3v) is 4.98. The van der Waals surface area contributed by atoms with Gasteiger partial charge in [-0.25, -0.2) is 0 Å². The minimum atomic E-state index is -0.617. The number of hydrogen-bond acceptors (Lipinski definition) is 3. The van der Waals surface area contributed by atoms with E-state index in [-0.39, 0.29) is 5.91 Å². The minimum absolute atomic E-state index is 0.193. The lowest BCUT2D eigenvalue weighted by atomic mass is 9.95. The quantitative estimate of drug-likeness (QED) is 0.790. The van der Waals surface area contributed by atoms with Gasteiger partial charge >= 0.3 is 0 Å². The zero-order valence-corrected chi connectivity index (χ0v) is 11.4. The largest absolute Gasteiger partial charge is 0.339 e. The van der Waals surface area contributed by atoms with Crippen molar-refractivity contribution in [3.05, 3.63) is 0 Å². The van der Waals surface area contributed by atoms with Gasteiger partial charge in [0.15, 0.2) is 0 Å². The zero-order chi connectivity index (χ0) is 12.8. The van der Waals surface area contributed by atoms with Crippen molar-refractivity contribution < 1.29 is 4.79 Å². The molecular weight excluding hydrogens is 226 g/mol. The van der Waals surface area contributed by atoms with E-state index in [4.69, 9.17) is 5.73 Å². The van der Waals surface area contributed by atoms with Gasteiger partial charge in [-0.05, 0) is 51.5 Å². The third kappa shape index (κ3) is 2.16. The van der Waals surface area contributed by atoms with Crippen LogP contribution in [0.3, 0.4) is 0 Å². The van der Waals surface area contributed by atoms with E-state index < -0.39 is 5.54 Å². The summed E-state index contributed by atoms with van der Waals surface area (Å²) in [6.07, 6.45) is 5.89. The molecule has 0 bridgehead atoms. The molecule has 0 aromatic heterocycles. The minimum Gasteiger partial charge on any atom is -0.339 e. The summed E-state index contributed by atoms with van der Waals surface area (Å²) >= 11 is 0. The molecule has 4 nitrogen and oxygen atoms in total. The lowest BCUT2D eigenvalue weighted by Gasteiger charge is -2.33. The fourth-order valence-corrected chi connectivity index (χ4v) is 3.59. The molecule has 2 aliphatic heterocycles. The highest BCUT2D eigenvalue weighted by Gasteiger charge is 2.46. The first-order chi connectivity index (χ1) is 8.59. The summed E-state index contributed by atoms with van der Waals surface area (Å²) in [6.45, 7) is 6.10. The SMILES string of the molecule is CC(N)(C(=O)N1CCCN2CCCC2C1)C1CC1. The summed E-state index contributed by atoms with van der Waals surface area (Å²) < 4.78 is 0. The highest BCUT2D eigenvalue weighted by molar-refractivity contribution is 5.86. The maximum atomic E-state index is 12.6. The van der Waals surface area contributed by atoms with E-state index in [1.807, 2.05) is 11.8 Å². The van der Waals surface area contributed by atoms with Gasteiger partial charge in [0, 0.05) is 25.7 Å². The molecule has 1 aliphatic carbocycles. The molecule has 0 aromatic rings. The van der Waals surface area contributed by atoms with Crippen LogP contribution in [0, 0.1) is 5.92 Å². The maximum Gasteiger partial charge on any atom is 0.242 e. The normalized spacial score (nSPS) is 32.8. The molecular formula is C14H25N3O. The molecule has 3 rings (SSSR count). The Morgan fingerprint density at radius 2 is 1.89 bits per heavy atom. The van der Waals surface area contributed by atoms with Gasteiger partial charge in [0.05, 0.1) is 5.54 Å². The molecule has 18 heavy (non-hydrogen) atoms. The van der Waals surface area contributed by atoms with Gasteiger partial charge in [-0.1, -0.05) is 0 Å². The molecule has 1 saturated carbocycles. The Bertz CT molecular complexity index is 338. The molecule has 0 radical (unpaired) electrons. The Morgan fingerprint density at radius 3 is 2.61 bits per heavy atom. The summed E-state index contributed by atoms with van der Waals surface area (Å²) in [4.78, 5) is 17.2. The summed E-state index contributed by atoms with van der Waals surface area (Å²) in [6, 6.07) is 0.589. The van der Waals surface area contributed by atoms with Crippen molar-refractivity contribution in [3.63, 3.8) is 0 Å². The van der Waals surface area contributed by atoms with Crippen LogP contribution in [0.2, 0.25) is 0 Å². The molecule has 3 fully saturated rings. The third-order valence-electron chi connectivity index (χ3n) is 4.98. The van der Waals surface area contributed by atoms with Crippen LogP contribution >= 0.6 is 0 Å². The summed E-state index contributed by atoms with van der Waals surface area (Å²) in [5.74, 6) is 0.617. The molecule has 1 amide bonds. The van der Waals surface area contributed by atoms with Crippen LogP contribution in [0.1, 0.15) is 39.0 Å². The van der Waals surface area contributed by atoms with Crippen LogP contribution in [-0.2, 0) is 4.79 Å². The average Bonchev–Trinajstić information content (AvgIpc) is 3.14. The summed E-state index contributed by atoms with van der Waals surface area (Å²) in [5.41, 5.74) is 5.66. The predicted octanol–water partition coefficient (Wildman–Crippen LogP) is 0.811. The molecule has 2 saturated heterocycles. The monoisotopic (exact) mass is 251 g/mol. The number of nitrogens with two attached hydrogens (primary N) is 1. The van der Waals surface area contributed by atoms with Crippen LogP contribution in [0.15, 0.2) is 0 Å². The molecule has 2 heterocycles. The molecule has 4 heteroatoms. The molecule has 2 unspecified atom stereocenters. The van der Waals surface area contributed by atoms with E-state index in [2.05, 4.69) is 4.90 Å². The van der Waals surface area contributed by atoms with Gasteiger partial charge in [0.25, 0.3) is 0 Å². The predicted molar refractivity (Wildman–Crippen MR) is 71.1 cm³/mol. The average molecular weight is 251 g/mol. The molecule has 2 atom stereocenters. The van der Waals surface area contributed by atoms with E-state index in [0.717, 1.165) is 38.9 Å². The number of carbonyl (C=O) groups is 1. The number of amides is 1. The lowest BCUT2D eigenvalue weighted by molar-refractivity contribution is -0.137. The van der Waals surface area contributed by atoms with E-state index in [9.17, 15) is 4.79 Å². The van der Waals surface area contributed by atoms with Crippen LogP contribution in [-0.4, -0.2) is 53.5 Å². The highest BCUT2D eigenvalue weighted by Crippen LogP contribution is 2.39. The van der Waals surface area contributed by atoms with E-state index in [1.165, 1.54) is 19.4 Å². The molecule has 0 aromatic carbocycles. The van der Waals surface area contributed by atoms with Gasteiger partial charge < -0.3 is 10.6 Å². The first-order valence-corrected chi connectivity index (χ1v) is 7.41. The second-order valence-electron chi connectivity index (χ2n) is 6.49. The van der Waals surface area contributed by atoms with Gasteiger partial charge in [0.1, 0.15) is 0 Å². The fraction of sp³-hybridized carbons (Fsp3) is 0.929. The van der Waals surface area contributed by atoms with Gasteiger partial charge in [0.2, 0.25) is 5.91 Å². The molecule has 3 aliphatic rings. The van der Waals surface area contributed by atoms with Gasteiger partial charge in [-0.2, -0.15) is 0 Å².